The maximum atomic E-state index is 14.4. The minimum absolute atomic E-state index is 0.248. The van der Waals surface area contributed by atoms with Crippen molar-refractivity contribution in [1.29, 1.82) is 0 Å². The minimum atomic E-state index is -1.06. The molecule has 0 saturated heterocycles. The summed E-state index contributed by atoms with van der Waals surface area (Å²) in [5.41, 5.74) is 0.844. The van der Waals surface area contributed by atoms with E-state index in [1.165, 1.54) is 7.11 Å². The summed E-state index contributed by atoms with van der Waals surface area (Å²) in [5, 5.41) is 5.42. The van der Waals surface area contributed by atoms with Crippen LogP contribution in [-0.2, 0) is 23.9 Å². The quantitative estimate of drug-likeness (QED) is 0.402. The first-order valence-corrected chi connectivity index (χ1v) is 13.2. The summed E-state index contributed by atoms with van der Waals surface area (Å²) >= 11 is 0. The van der Waals surface area contributed by atoms with E-state index in [2.05, 4.69) is 10.6 Å². The monoisotopic (exact) mass is 533 g/mol. The van der Waals surface area contributed by atoms with Crippen molar-refractivity contribution in [3.8, 4) is 0 Å². The van der Waals surface area contributed by atoms with Crippen molar-refractivity contribution in [2.24, 2.45) is 5.92 Å². The smallest absolute Gasteiger partial charge is 0.408 e. The molecule has 9 heteroatoms. The largest absolute Gasteiger partial charge is 0.468 e. The molecule has 1 aromatic carbocycles. The van der Waals surface area contributed by atoms with E-state index in [9.17, 15) is 19.2 Å². The van der Waals surface area contributed by atoms with Gasteiger partial charge in [-0.05, 0) is 71.9 Å². The van der Waals surface area contributed by atoms with Crippen LogP contribution < -0.4 is 10.6 Å². The van der Waals surface area contributed by atoms with Crippen LogP contribution in [0.15, 0.2) is 18.2 Å². The van der Waals surface area contributed by atoms with Gasteiger partial charge in [0.2, 0.25) is 11.8 Å². The van der Waals surface area contributed by atoms with Gasteiger partial charge in [-0.2, -0.15) is 0 Å². The van der Waals surface area contributed by atoms with Crippen molar-refractivity contribution in [2.45, 2.75) is 105 Å². The minimum Gasteiger partial charge on any atom is -0.468 e. The summed E-state index contributed by atoms with van der Waals surface area (Å²) in [5.74, 6) is -1.77. The number of carbonyl (C=O) groups excluding carboxylic acids is 4. The third-order valence-electron chi connectivity index (χ3n) is 6.78. The van der Waals surface area contributed by atoms with Crippen LogP contribution in [0.4, 0.5) is 4.79 Å². The van der Waals surface area contributed by atoms with Crippen LogP contribution in [-0.4, -0.2) is 59.6 Å². The predicted octanol–water partition coefficient (Wildman–Crippen LogP) is 4.59. The standard InChI is InChI=1S/C29H47N3O6/c1-12-19(4)23(31-27(36)38-28(6,7)8)26(35)32(29(9,10)13-2)24(25(34)30-17-22(33)37-11)21-16-18(3)14-15-20(21)5/h14-16,19,23-24H,12-13,17H2,1-11H3,(H,30,34)(H,31,36). The van der Waals surface area contributed by atoms with Gasteiger partial charge in [0.1, 0.15) is 24.2 Å². The van der Waals surface area contributed by atoms with Crippen molar-refractivity contribution in [3.05, 3.63) is 34.9 Å². The number of hydrogen-bond acceptors (Lipinski definition) is 6. The number of aryl methyl sites for hydroxylation is 2. The van der Waals surface area contributed by atoms with E-state index in [0.29, 0.717) is 18.4 Å². The van der Waals surface area contributed by atoms with Crippen LogP contribution in [0, 0.1) is 19.8 Å². The molecule has 38 heavy (non-hydrogen) atoms. The predicted molar refractivity (Wildman–Crippen MR) is 148 cm³/mol. The highest BCUT2D eigenvalue weighted by atomic mass is 16.6. The van der Waals surface area contributed by atoms with Gasteiger partial charge in [-0.3, -0.25) is 14.4 Å². The Bertz CT molecular complexity index is 999. The number of rotatable bonds is 11. The van der Waals surface area contributed by atoms with Gasteiger partial charge in [-0.25, -0.2) is 4.79 Å². The molecule has 0 aliphatic carbocycles. The normalized spacial score (nSPS) is 14.1. The first-order chi connectivity index (χ1) is 17.5. The first-order valence-electron chi connectivity index (χ1n) is 13.2. The van der Waals surface area contributed by atoms with Crippen LogP contribution in [0.3, 0.4) is 0 Å². The molecule has 3 atom stereocenters. The Morgan fingerprint density at radius 1 is 1.03 bits per heavy atom. The fourth-order valence-corrected chi connectivity index (χ4v) is 3.99. The highest BCUT2D eigenvalue weighted by molar-refractivity contribution is 5.94. The molecule has 0 aromatic heterocycles. The fourth-order valence-electron chi connectivity index (χ4n) is 3.99. The Morgan fingerprint density at radius 3 is 2.13 bits per heavy atom. The van der Waals surface area contributed by atoms with Gasteiger partial charge in [0, 0.05) is 5.54 Å². The summed E-state index contributed by atoms with van der Waals surface area (Å²) in [6.07, 6.45) is 0.433. The molecule has 3 unspecified atom stereocenters. The maximum absolute atomic E-state index is 14.4. The number of benzene rings is 1. The molecule has 1 rings (SSSR count). The zero-order valence-electron chi connectivity index (χ0n) is 25.0. The molecule has 1 aromatic rings. The summed E-state index contributed by atoms with van der Waals surface area (Å²) in [7, 11) is 1.24. The third kappa shape index (κ3) is 9.03. The molecule has 2 N–H and O–H groups in total. The lowest BCUT2D eigenvalue weighted by Crippen LogP contribution is -2.61. The van der Waals surface area contributed by atoms with E-state index in [1.807, 2.05) is 66.7 Å². The summed E-state index contributed by atoms with van der Waals surface area (Å²) in [6, 6.07) is 3.71. The number of carbonyl (C=O) groups is 4. The van der Waals surface area contributed by atoms with Crippen molar-refractivity contribution in [3.63, 3.8) is 0 Å². The molecule has 0 aliphatic heterocycles. The van der Waals surface area contributed by atoms with Gasteiger partial charge >= 0.3 is 12.1 Å². The summed E-state index contributed by atoms with van der Waals surface area (Å²) in [6.45, 7) is 18.2. The highest BCUT2D eigenvalue weighted by Crippen LogP contribution is 2.35. The molecule has 9 nitrogen and oxygen atoms in total. The number of esters is 1. The van der Waals surface area contributed by atoms with E-state index in [0.717, 1.165) is 11.1 Å². The lowest BCUT2D eigenvalue weighted by molar-refractivity contribution is -0.151. The summed E-state index contributed by atoms with van der Waals surface area (Å²) < 4.78 is 10.2. The van der Waals surface area contributed by atoms with Gasteiger partial charge in [0.15, 0.2) is 0 Å². The Balaban J connectivity index is 3.75. The number of ether oxygens (including phenoxy) is 2. The molecule has 0 saturated carbocycles. The molecule has 0 bridgehead atoms. The van der Waals surface area contributed by atoms with Crippen molar-refractivity contribution in [1.82, 2.24) is 15.5 Å². The Kier molecular flexibility index (Phi) is 11.8. The lowest BCUT2D eigenvalue weighted by atomic mass is 9.88. The zero-order valence-corrected chi connectivity index (χ0v) is 25.0. The van der Waals surface area contributed by atoms with Crippen molar-refractivity contribution >= 4 is 23.9 Å². The first kappa shape index (κ1) is 32.9. The van der Waals surface area contributed by atoms with Gasteiger partial charge in [-0.15, -0.1) is 0 Å². The second kappa shape index (κ2) is 13.6. The number of nitrogens with one attached hydrogen (secondary N) is 2. The van der Waals surface area contributed by atoms with Crippen molar-refractivity contribution < 1.29 is 28.7 Å². The number of nitrogens with zero attached hydrogens (tertiary/aromatic N) is 1. The molecule has 3 amide bonds. The van der Waals surface area contributed by atoms with Crippen LogP contribution in [0.5, 0.6) is 0 Å². The number of amides is 3. The van der Waals surface area contributed by atoms with Gasteiger partial charge in [0.25, 0.3) is 0 Å². The van der Waals surface area contributed by atoms with Gasteiger partial charge in [0.05, 0.1) is 7.11 Å². The Morgan fingerprint density at radius 2 is 1.63 bits per heavy atom. The SMILES string of the molecule is CCC(C)C(NC(=O)OC(C)(C)C)C(=O)N(C(C(=O)NCC(=O)OC)c1cc(C)ccc1C)C(C)(C)CC. The van der Waals surface area contributed by atoms with E-state index in [4.69, 9.17) is 9.47 Å². The number of alkyl carbamates (subject to hydrolysis) is 1. The molecule has 0 radical (unpaired) electrons. The van der Waals surface area contributed by atoms with Gasteiger partial charge in [-0.1, -0.05) is 51.0 Å². The third-order valence-corrected chi connectivity index (χ3v) is 6.78. The highest BCUT2D eigenvalue weighted by Gasteiger charge is 2.44. The lowest BCUT2D eigenvalue weighted by Gasteiger charge is -2.45. The number of methoxy groups -OCH3 is 1. The average molecular weight is 534 g/mol. The Hall–Kier alpha value is -3.10. The Labute approximate surface area is 228 Å². The topological polar surface area (TPSA) is 114 Å². The fraction of sp³-hybridized carbons (Fsp3) is 0.655. The van der Waals surface area contributed by atoms with Crippen LogP contribution in [0.1, 0.15) is 91.0 Å². The maximum Gasteiger partial charge on any atom is 0.408 e. The molecular formula is C29H47N3O6. The van der Waals surface area contributed by atoms with Crippen LogP contribution in [0.25, 0.3) is 0 Å². The average Bonchev–Trinajstić information content (AvgIpc) is 2.83. The molecule has 0 heterocycles. The van der Waals surface area contributed by atoms with E-state index < -0.39 is 47.1 Å². The second-order valence-electron chi connectivity index (χ2n) is 11.4. The molecule has 214 valence electrons. The second-order valence-corrected chi connectivity index (χ2v) is 11.4. The van der Waals surface area contributed by atoms with Crippen molar-refractivity contribution in [2.75, 3.05) is 13.7 Å². The summed E-state index contributed by atoms with van der Waals surface area (Å²) in [4.78, 5) is 54.4. The molecule has 0 fully saturated rings. The van der Waals surface area contributed by atoms with E-state index in [1.54, 1.807) is 25.7 Å². The van der Waals surface area contributed by atoms with Crippen LogP contribution >= 0.6 is 0 Å². The van der Waals surface area contributed by atoms with Crippen LogP contribution in [0.2, 0.25) is 0 Å². The van der Waals surface area contributed by atoms with Gasteiger partial charge < -0.3 is 25.0 Å². The van der Waals surface area contributed by atoms with E-state index in [-0.39, 0.29) is 12.5 Å². The van der Waals surface area contributed by atoms with E-state index >= 15 is 0 Å². The molecule has 0 aliphatic rings. The molecular weight excluding hydrogens is 486 g/mol. The number of hydrogen-bond donors (Lipinski definition) is 2. The zero-order chi connectivity index (χ0) is 29.4. The molecule has 0 spiro atoms.